The lowest BCUT2D eigenvalue weighted by Crippen LogP contribution is -2.45. The predicted octanol–water partition coefficient (Wildman–Crippen LogP) is 2.28. The number of benzene rings is 1. The van der Waals surface area contributed by atoms with Crippen molar-refractivity contribution in [1.29, 1.82) is 0 Å². The normalized spacial score (nSPS) is 23.7. The van der Waals surface area contributed by atoms with E-state index in [1.54, 1.807) is 0 Å². The molecule has 0 saturated carbocycles. The van der Waals surface area contributed by atoms with Crippen LogP contribution in [0.3, 0.4) is 0 Å². The Morgan fingerprint density at radius 1 is 1.36 bits per heavy atom. The molecule has 1 aromatic heterocycles. The minimum Gasteiger partial charge on any atom is -0.493 e. The second-order valence-electron chi connectivity index (χ2n) is 7.56. The first-order chi connectivity index (χ1) is 12.0. The van der Waals surface area contributed by atoms with E-state index >= 15 is 0 Å². The van der Waals surface area contributed by atoms with E-state index in [4.69, 9.17) is 4.74 Å². The fraction of sp³-hybridized carbons (Fsp3) is 0.579. The quantitative estimate of drug-likeness (QED) is 0.923. The molecule has 0 aliphatic carbocycles. The Bertz CT molecular complexity index is 758. The number of β-amino-alcohol motifs (C(OH)–C–C–N with tert-alkyl or cyclic N) is 1. The number of hydrogen-bond donors (Lipinski definition) is 1. The van der Waals surface area contributed by atoms with Crippen molar-refractivity contribution in [2.45, 2.75) is 51.3 Å². The maximum absolute atomic E-state index is 11.2. The Hall–Kier alpha value is -1.92. The number of rotatable bonds is 4. The van der Waals surface area contributed by atoms with E-state index in [1.807, 2.05) is 10.9 Å². The summed E-state index contributed by atoms with van der Waals surface area (Å²) in [6, 6.07) is 6.69. The maximum atomic E-state index is 11.2. The molecule has 1 atom stereocenters. The van der Waals surface area contributed by atoms with E-state index in [2.05, 4.69) is 47.3 Å². The number of ether oxygens (including phenoxy) is 1. The summed E-state index contributed by atoms with van der Waals surface area (Å²) in [5.41, 5.74) is 2.35. The van der Waals surface area contributed by atoms with Crippen LogP contribution in [0, 0.1) is 0 Å². The highest BCUT2D eigenvalue weighted by molar-refractivity contribution is 5.39. The van der Waals surface area contributed by atoms with Gasteiger partial charge in [0.1, 0.15) is 17.0 Å². The Labute approximate surface area is 148 Å². The summed E-state index contributed by atoms with van der Waals surface area (Å²) in [7, 11) is 0. The SMILES string of the molecule is CC(C)n1cc(C2(O)CCCN(Cc3ccc4c(c3)CCO4)C2)nn1. The number of fused-ring (bicyclic) bond motifs is 1. The van der Waals surface area contributed by atoms with E-state index in [-0.39, 0.29) is 6.04 Å². The maximum Gasteiger partial charge on any atom is 0.123 e. The average Bonchev–Trinajstić information content (AvgIpc) is 3.24. The molecule has 134 valence electrons. The number of piperidine rings is 1. The number of nitrogens with zero attached hydrogens (tertiary/aromatic N) is 4. The van der Waals surface area contributed by atoms with Crippen LogP contribution in [0.25, 0.3) is 0 Å². The lowest BCUT2D eigenvalue weighted by molar-refractivity contribution is -0.0414. The van der Waals surface area contributed by atoms with E-state index in [0.29, 0.717) is 12.2 Å². The molecule has 2 aromatic rings. The van der Waals surface area contributed by atoms with Gasteiger partial charge >= 0.3 is 0 Å². The van der Waals surface area contributed by atoms with Crippen molar-refractivity contribution in [3.63, 3.8) is 0 Å². The standard InChI is InChI=1S/C19H26N4O2/c1-14(2)23-12-18(20-21-23)19(24)7-3-8-22(13-19)11-15-4-5-17-16(10-15)6-9-25-17/h4-5,10,12,14,24H,3,6-9,11,13H2,1-2H3. The van der Waals surface area contributed by atoms with Crippen molar-refractivity contribution in [2.24, 2.45) is 0 Å². The summed E-state index contributed by atoms with van der Waals surface area (Å²) < 4.78 is 7.40. The van der Waals surface area contributed by atoms with Gasteiger partial charge in [-0.05, 0) is 50.4 Å². The average molecular weight is 342 g/mol. The summed E-state index contributed by atoms with van der Waals surface area (Å²) in [5.74, 6) is 1.02. The van der Waals surface area contributed by atoms with Crippen LogP contribution in [0.4, 0.5) is 0 Å². The Morgan fingerprint density at radius 2 is 2.24 bits per heavy atom. The molecule has 2 aliphatic rings. The van der Waals surface area contributed by atoms with Crippen LogP contribution in [-0.2, 0) is 18.6 Å². The minimum absolute atomic E-state index is 0.248. The third-order valence-electron chi connectivity index (χ3n) is 5.23. The molecular weight excluding hydrogens is 316 g/mol. The van der Waals surface area contributed by atoms with Gasteiger partial charge in [0.25, 0.3) is 0 Å². The highest BCUT2D eigenvalue weighted by Crippen LogP contribution is 2.32. The second-order valence-corrected chi connectivity index (χ2v) is 7.56. The van der Waals surface area contributed by atoms with Gasteiger partial charge in [-0.2, -0.15) is 0 Å². The van der Waals surface area contributed by atoms with Crippen LogP contribution in [0.1, 0.15) is 49.6 Å². The molecule has 2 aliphatic heterocycles. The molecule has 1 fully saturated rings. The third-order valence-corrected chi connectivity index (χ3v) is 5.23. The first kappa shape index (κ1) is 16.5. The number of aliphatic hydroxyl groups is 1. The van der Waals surface area contributed by atoms with Crippen molar-refractivity contribution in [3.05, 3.63) is 41.2 Å². The zero-order valence-corrected chi connectivity index (χ0v) is 15.0. The predicted molar refractivity (Wildman–Crippen MR) is 94.5 cm³/mol. The van der Waals surface area contributed by atoms with Crippen LogP contribution < -0.4 is 4.74 Å². The highest BCUT2D eigenvalue weighted by Gasteiger charge is 2.37. The number of hydrogen-bond acceptors (Lipinski definition) is 5. The molecule has 3 heterocycles. The Kier molecular flexibility index (Phi) is 4.25. The second kappa shape index (κ2) is 6.42. The molecule has 1 aromatic carbocycles. The van der Waals surface area contributed by atoms with Crippen LogP contribution >= 0.6 is 0 Å². The topological polar surface area (TPSA) is 63.4 Å². The van der Waals surface area contributed by atoms with E-state index < -0.39 is 5.60 Å². The van der Waals surface area contributed by atoms with Gasteiger partial charge in [0.2, 0.25) is 0 Å². The first-order valence-corrected chi connectivity index (χ1v) is 9.15. The zero-order chi connectivity index (χ0) is 17.4. The van der Waals surface area contributed by atoms with Gasteiger partial charge in [-0.3, -0.25) is 4.90 Å². The smallest absolute Gasteiger partial charge is 0.123 e. The molecule has 0 spiro atoms. The minimum atomic E-state index is -0.911. The highest BCUT2D eigenvalue weighted by atomic mass is 16.5. The molecular formula is C19H26N4O2. The molecule has 1 saturated heterocycles. The molecule has 0 radical (unpaired) electrons. The molecule has 0 amide bonds. The lowest BCUT2D eigenvalue weighted by atomic mass is 9.89. The largest absolute Gasteiger partial charge is 0.493 e. The van der Waals surface area contributed by atoms with Crippen molar-refractivity contribution < 1.29 is 9.84 Å². The van der Waals surface area contributed by atoms with Crippen LogP contribution in [0.2, 0.25) is 0 Å². The molecule has 1 N–H and O–H groups in total. The molecule has 6 heteroatoms. The van der Waals surface area contributed by atoms with E-state index in [0.717, 1.165) is 44.7 Å². The summed E-state index contributed by atoms with van der Waals surface area (Å²) in [6.45, 7) is 7.34. The molecule has 4 rings (SSSR count). The number of likely N-dealkylation sites (tertiary alicyclic amines) is 1. The molecule has 0 bridgehead atoms. The number of aromatic nitrogens is 3. The Morgan fingerprint density at radius 3 is 3.04 bits per heavy atom. The van der Waals surface area contributed by atoms with Gasteiger partial charge in [0, 0.05) is 25.6 Å². The van der Waals surface area contributed by atoms with Crippen molar-refractivity contribution >= 4 is 0 Å². The van der Waals surface area contributed by atoms with Gasteiger partial charge in [0.05, 0.1) is 12.8 Å². The van der Waals surface area contributed by atoms with Crippen LogP contribution in [0.5, 0.6) is 5.75 Å². The van der Waals surface area contributed by atoms with Gasteiger partial charge in [-0.25, -0.2) is 4.68 Å². The molecule has 6 nitrogen and oxygen atoms in total. The van der Waals surface area contributed by atoms with Gasteiger partial charge in [-0.15, -0.1) is 5.10 Å². The lowest BCUT2D eigenvalue weighted by Gasteiger charge is -2.38. The van der Waals surface area contributed by atoms with E-state index in [9.17, 15) is 5.11 Å². The first-order valence-electron chi connectivity index (χ1n) is 9.15. The fourth-order valence-corrected chi connectivity index (χ4v) is 3.81. The van der Waals surface area contributed by atoms with Gasteiger partial charge < -0.3 is 9.84 Å². The van der Waals surface area contributed by atoms with Crippen molar-refractivity contribution in [1.82, 2.24) is 19.9 Å². The third kappa shape index (κ3) is 3.28. The fourth-order valence-electron chi connectivity index (χ4n) is 3.81. The summed E-state index contributed by atoms with van der Waals surface area (Å²) in [5, 5.41) is 19.6. The molecule has 25 heavy (non-hydrogen) atoms. The summed E-state index contributed by atoms with van der Waals surface area (Å²) >= 11 is 0. The van der Waals surface area contributed by atoms with Crippen LogP contribution in [0.15, 0.2) is 24.4 Å². The van der Waals surface area contributed by atoms with Gasteiger partial charge in [-0.1, -0.05) is 17.3 Å². The van der Waals surface area contributed by atoms with Crippen molar-refractivity contribution in [3.8, 4) is 5.75 Å². The monoisotopic (exact) mass is 342 g/mol. The van der Waals surface area contributed by atoms with Crippen LogP contribution in [-0.4, -0.2) is 44.7 Å². The molecule has 1 unspecified atom stereocenters. The van der Waals surface area contributed by atoms with Crippen molar-refractivity contribution in [2.75, 3.05) is 19.7 Å². The zero-order valence-electron chi connectivity index (χ0n) is 15.0. The Balaban J connectivity index is 1.48. The summed E-state index contributed by atoms with van der Waals surface area (Å²) in [4.78, 5) is 2.31. The van der Waals surface area contributed by atoms with Gasteiger partial charge in [0.15, 0.2) is 0 Å². The van der Waals surface area contributed by atoms with E-state index in [1.165, 1.54) is 11.1 Å². The summed E-state index contributed by atoms with van der Waals surface area (Å²) in [6.07, 6.45) is 4.57.